The number of nitrogens with one attached hydrogen (secondary N) is 1. The number of amides is 1. The third-order valence-electron chi connectivity index (χ3n) is 7.38. The van der Waals surface area contributed by atoms with E-state index in [4.69, 9.17) is 9.84 Å². The molecule has 2 N–H and O–H groups in total. The highest BCUT2D eigenvalue weighted by Crippen LogP contribution is 2.13. The average Bonchev–Trinajstić information content (AvgIpc) is 2.93. The monoisotopic (exact) mass is 581 g/mol. The number of ketones is 1. The molecular formula is C33H59NO7. The number of carbonyl (C=O) groups excluding carboxylic acids is 4. The van der Waals surface area contributed by atoms with E-state index in [1.165, 1.54) is 51.4 Å². The van der Waals surface area contributed by atoms with Crippen LogP contribution < -0.4 is 5.32 Å². The van der Waals surface area contributed by atoms with Crippen LogP contribution in [0.25, 0.3) is 0 Å². The first-order valence-corrected chi connectivity index (χ1v) is 16.6. The summed E-state index contributed by atoms with van der Waals surface area (Å²) in [5, 5.41) is 11.6. The Morgan fingerprint density at radius 3 is 1.44 bits per heavy atom. The fraction of sp³-hybridized carbons (Fsp3) is 0.848. The number of hydrogen-bond acceptors (Lipinski definition) is 6. The Bertz CT molecular complexity index is 722. The fourth-order valence-corrected chi connectivity index (χ4v) is 4.79. The van der Waals surface area contributed by atoms with Gasteiger partial charge in [0, 0.05) is 32.1 Å². The van der Waals surface area contributed by atoms with Gasteiger partial charge in [0.15, 0.2) is 0 Å². The zero-order valence-electron chi connectivity index (χ0n) is 26.2. The minimum Gasteiger partial charge on any atom is -0.481 e. The Morgan fingerprint density at radius 1 is 0.561 bits per heavy atom. The summed E-state index contributed by atoms with van der Waals surface area (Å²) in [5.74, 6) is -2.65. The lowest BCUT2D eigenvalue weighted by Gasteiger charge is -2.16. The van der Waals surface area contributed by atoms with Crippen LogP contribution in [0.4, 0.5) is 0 Å². The molecule has 0 bridgehead atoms. The van der Waals surface area contributed by atoms with E-state index < -0.39 is 23.9 Å². The van der Waals surface area contributed by atoms with Crippen LogP contribution in [0.2, 0.25) is 0 Å². The second-order valence-corrected chi connectivity index (χ2v) is 11.4. The van der Waals surface area contributed by atoms with Gasteiger partial charge in [-0.15, -0.1) is 0 Å². The van der Waals surface area contributed by atoms with Gasteiger partial charge in [0.2, 0.25) is 5.91 Å². The molecule has 1 amide bonds. The summed E-state index contributed by atoms with van der Waals surface area (Å²) in [6.45, 7) is 4.37. The van der Waals surface area contributed by atoms with Crippen LogP contribution in [-0.2, 0) is 28.7 Å². The second kappa shape index (κ2) is 27.9. The van der Waals surface area contributed by atoms with E-state index in [1.54, 1.807) is 0 Å². The van der Waals surface area contributed by atoms with E-state index in [-0.39, 0.29) is 31.6 Å². The molecule has 0 radical (unpaired) electrons. The van der Waals surface area contributed by atoms with Gasteiger partial charge in [0.05, 0.1) is 0 Å². The topological polar surface area (TPSA) is 127 Å². The van der Waals surface area contributed by atoms with Crippen LogP contribution >= 0.6 is 0 Å². The van der Waals surface area contributed by atoms with Crippen LogP contribution in [0.1, 0.15) is 174 Å². The molecule has 0 aromatic rings. The summed E-state index contributed by atoms with van der Waals surface area (Å²) in [7, 11) is 0. The number of hydrogen-bond donors (Lipinski definition) is 2. The summed E-state index contributed by atoms with van der Waals surface area (Å²) >= 11 is 0. The predicted molar refractivity (Wildman–Crippen MR) is 162 cm³/mol. The van der Waals surface area contributed by atoms with Crippen molar-refractivity contribution in [3.8, 4) is 0 Å². The molecule has 8 nitrogen and oxygen atoms in total. The molecule has 0 saturated heterocycles. The first kappa shape index (κ1) is 38.8. The van der Waals surface area contributed by atoms with Gasteiger partial charge in [-0.25, -0.2) is 4.79 Å². The summed E-state index contributed by atoms with van der Waals surface area (Å²) < 4.78 is 4.93. The molecule has 0 aromatic carbocycles. The number of rotatable bonds is 29. The number of ether oxygens (including phenoxy) is 1. The van der Waals surface area contributed by atoms with Gasteiger partial charge >= 0.3 is 17.9 Å². The molecule has 0 rings (SSSR count). The smallest absolute Gasteiger partial charge is 0.336 e. The minimum atomic E-state index is -1.15. The van der Waals surface area contributed by atoms with Crippen molar-refractivity contribution in [3.63, 3.8) is 0 Å². The number of aliphatic carboxylic acids is 1. The molecule has 0 aromatic heterocycles. The standard InChI is InChI=1S/C33H59NO7/c1-3-5-7-9-10-11-12-16-20-24-30(36)34-29(26-27-31(37)38)33(40)41-32(39)25-21-17-13-15-19-23-28(35)22-18-14-8-6-4-2/h29H,3-27H2,1-2H3,(H,34,36)(H,37,38)/t29-/m0/s1. The van der Waals surface area contributed by atoms with E-state index in [0.29, 0.717) is 31.5 Å². The molecule has 41 heavy (non-hydrogen) atoms. The van der Waals surface area contributed by atoms with E-state index in [1.807, 2.05) is 0 Å². The van der Waals surface area contributed by atoms with Crippen LogP contribution in [-0.4, -0.2) is 40.7 Å². The van der Waals surface area contributed by atoms with Gasteiger partial charge in [-0.05, 0) is 32.1 Å². The Balaban J connectivity index is 4.12. The van der Waals surface area contributed by atoms with Crippen LogP contribution in [0, 0.1) is 0 Å². The summed E-state index contributed by atoms with van der Waals surface area (Å²) in [6, 6.07) is -1.15. The Morgan fingerprint density at radius 2 is 0.976 bits per heavy atom. The lowest BCUT2D eigenvalue weighted by atomic mass is 10.0. The van der Waals surface area contributed by atoms with Crippen molar-refractivity contribution >= 4 is 29.6 Å². The van der Waals surface area contributed by atoms with Crippen LogP contribution in [0.5, 0.6) is 0 Å². The lowest BCUT2D eigenvalue weighted by Crippen LogP contribution is -2.42. The average molecular weight is 582 g/mol. The highest BCUT2D eigenvalue weighted by atomic mass is 16.6. The third kappa shape index (κ3) is 26.4. The normalized spacial score (nSPS) is 11.7. The second-order valence-electron chi connectivity index (χ2n) is 11.4. The van der Waals surface area contributed by atoms with Crippen molar-refractivity contribution in [2.75, 3.05) is 0 Å². The highest BCUT2D eigenvalue weighted by molar-refractivity contribution is 5.91. The van der Waals surface area contributed by atoms with Crippen molar-refractivity contribution in [2.24, 2.45) is 0 Å². The van der Waals surface area contributed by atoms with E-state index in [9.17, 15) is 24.0 Å². The molecule has 0 spiro atoms. The Labute approximate surface area is 249 Å². The summed E-state index contributed by atoms with van der Waals surface area (Å²) in [4.78, 5) is 60.0. The number of Topliss-reactive ketones (excluding diaryl/α,β-unsaturated/α-hetero) is 1. The van der Waals surface area contributed by atoms with Gasteiger partial charge in [-0.2, -0.15) is 0 Å². The fourth-order valence-electron chi connectivity index (χ4n) is 4.79. The van der Waals surface area contributed by atoms with Crippen molar-refractivity contribution in [2.45, 2.75) is 180 Å². The van der Waals surface area contributed by atoms with E-state index in [2.05, 4.69) is 19.2 Å². The number of carboxylic acid groups (broad SMARTS) is 1. The zero-order valence-corrected chi connectivity index (χ0v) is 26.2. The third-order valence-corrected chi connectivity index (χ3v) is 7.38. The molecule has 8 heteroatoms. The first-order valence-electron chi connectivity index (χ1n) is 16.6. The van der Waals surface area contributed by atoms with Crippen molar-refractivity contribution < 1.29 is 33.8 Å². The lowest BCUT2D eigenvalue weighted by molar-refractivity contribution is -0.162. The maximum atomic E-state index is 12.5. The van der Waals surface area contributed by atoms with Crippen molar-refractivity contribution in [1.82, 2.24) is 5.32 Å². The maximum absolute atomic E-state index is 12.5. The largest absolute Gasteiger partial charge is 0.481 e. The summed E-state index contributed by atoms with van der Waals surface area (Å²) in [5.41, 5.74) is 0. The van der Waals surface area contributed by atoms with Gasteiger partial charge in [-0.3, -0.25) is 19.2 Å². The molecule has 0 aliphatic rings. The van der Waals surface area contributed by atoms with Gasteiger partial charge in [0.25, 0.3) is 0 Å². The number of unbranched alkanes of at least 4 members (excludes halogenated alkanes) is 16. The van der Waals surface area contributed by atoms with E-state index in [0.717, 1.165) is 57.8 Å². The zero-order chi connectivity index (χ0) is 30.6. The van der Waals surface area contributed by atoms with Crippen molar-refractivity contribution in [1.29, 1.82) is 0 Å². The maximum Gasteiger partial charge on any atom is 0.336 e. The molecule has 238 valence electrons. The highest BCUT2D eigenvalue weighted by Gasteiger charge is 2.25. The van der Waals surface area contributed by atoms with Crippen LogP contribution in [0.3, 0.4) is 0 Å². The quantitative estimate of drug-likeness (QED) is 0.0520. The SMILES string of the molecule is CCCCCCCCCCCC(=O)N[C@@H](CCC(=O)O)C(=O)OC(=O)CCCCCCCC(=O)CCCCCCC. The first-order chi connectivity index (χ1) is 19.8. The van der Waals surface area contributed by atoms with Gasteiger partial charge in [-0.1, -0.05) is 110 Å². The number of carbonyl (C=O) groups is 5. The molecule has 0 saturated carbocycles. The number of carboxylic acids is 1. The molecule has 0 fully saturated rings. The van der Waals surface area contributed by atoms with Gasteiger partial charge in [0.1, 0.15) is 11.8 Å². The van der Waals surface area contributed by atoms with Gasteiger partial charge < -0.3 is 15.2 Å². The molecule has 0 unspecified atom stereocenters. The molecule has 1 atom stereocenters. The van der Waals surface area contributed by atoms with Crippen molar-refractivity contribution in [3.05, 3.63) is 0 Å². The molecule has 0 aliphatic carbocycles. The minimum absolute atomic E-state index is 0.0838. The van der Waals surface area contributed by atoms with Crippen LogP contribution in [0.15, 0.2) is 0 Å². The molecular weight excluding hydrogens is 522 g/mol. The Hall–Kier alpha value is -2.25. The number of esters is 2. The molecule has 0 heterocycles. The Kier molecular flexibility index (Phi) is 26.4. The molecule has 0 aliphatic heterocycles. The van der Waals surface area contributed by atoms with E-state index >= 15 is 0 Å². The predicted octanol–water partition coefficient (Wildman–Crippen LogP) is 7.99. The summed E-state index contributed by atoms with van der Waals surface area (Å²) in [6.07, 6.45) is 21.1.